The molecule has 0 unspecified atom stereocenters. The Balaban J connectivity index is 2.18. The van der Waals surface area contributed by atoms with E-state index < -0.39 is 0 Å². The van der Waals surface area contributed by atoms with Crippen LogP contribution in [-0.4, -0.2) is 23.0 Å². The monoisotopic (exact) mass is 302 g/mol. The van der Waals surface area contributed by atoms with Gasteiger partial charge in [-0.1, -0.05) is 59.9 Å². The van der Waals surface area contributed by atoms with Gasteiger partial charge < -0.3 is 0 Å². The fourth-order valence-electron chi connectivity index (χ4n) is 1.23. The van der Waals surface area contributed by atoms with Crippen LogP contribution in [0, 0.1) is 21.0 Å². The van der Waals surface area contributed by atoms with Crippen LogP contribution in [0.25, 0.3) is 0 Å². The molecule has 0 saturated carbocycles. The molecule has 0 aromatic rings. The van der Waals surface area contributed by atoms with E-state index in [1.165, 1.54) is 43.6 Å². The van der Waals surface area contributed by atoms with Crippen LogP contribution in [0.3, 0.4) is 0 Å². The van der Waals surface area contributed by atoms with E-state index in [2.05, 4.69) is 21.0 Å². The fourth-order valence-corrected chi connectivity index (χ4v) is 4.04. The average molecular weight is 303 g/mol. The van der Waals surface area contributed by atoms with Crippen LogP contribution in [0.5, 0.6) is 0 Å². The summed E-state index contributed by atoms with van der Waals surface area (Å²) in [6.45, 7) is 0. The number of hydrogen-bond acceptors (Lipinski definition) is 4. The highest BCUT2D eigenvalue weighted by Gasteiger charge is 1.91. The first-order valence-electron chi connectivity index (χ1n) is 5.97. The molecule has 94 valence electrons. The Bertz CT molecular complexity index is 262. The van der Waals surface area contributed by atoms with E-state index in [-0.39, 0.29) is 0 Å². The summed E-state index contributed by atoms with van der Waals surface area (Å²) >= 11 is 7.04. The van der Waals surface area contributed by atoms with Gasteiger partial charge in [0.25, 0.3) is 0 Å². The molecule has 0 aromatic heterocycles. The molecule has 0 aromatic carbocycles. The van der Waals surface area contributed by atoms with Gasteiger partial charge in [-0.3, -0.25) is 0 Å². The van der Waals surface area contributed by atoms with Crippen molar-refractivity contribution in [2.75, 3.05) is 23.0 Å². The minimum Gasteiger partial charge on any atom is -0.0742 e. The molecule has 0 radical (unpaired) electrons. The summed E-state index contributed by atoms with van der Waals surface area (Å²) in [5, 5.41) is 12.7. The van der Waals surface area contributed by atoms with Crippen LogP contribution in [0.4, 0.5) is 0 Å². The van der Waals surface area contributed by atoms with Gasteiger partial charge in [-0.05, 0) is 40.3 Å². The smallest absolute Gasteiger partial charge is 0.00651 e. The van der Waals surface area contributed by atoms with Crippen molar-refractivity contribution >= 4 is 47.0 Å². The minimum atomic E-state index is 1.13. The Morgan fingerprint density at radius 3 is 1.18 bits per heavy atom. The van der Waals surface area contributed by atoms with Crippen LogP contribution in [-0.2, 0) is 0 Å². The van der Waals surface area contributed by atoms with Crippen molar-refractivity contribution in [3.8, 4) is 21.0 Å². The van der Waals surface area contributed by atoms with Crippen LogP contribution in [0.1, 0.15) is 32.1 Å². The summed E-state index contributed by atoms with van der Waals surface area (Å²) in [6.07, 6.45) is 6.48. The second-order valence-electron chi connectivity index (χ2n) is 3.57. The van der Waals surface area contributed by atoms with Gasteiger partial charge in [-0.2, -0.15) is 0 Å². The molecule has 4 heteroatoms. The fraction of sp³-hybridized carbons (Fsp3) is 0.692. The van der Waals surface area contributed by atoms with Gasteiger partial charge in [0.05, 0.1) is 0 Å². The lowest BCUT2D eigenvalue weighted by Gasteiger charge is -1.97. The third-order valence-corrected chi connectivity index (χ3v) is 5.32. The van der Waals surface area contributed by atoms with E-state index in [4.69, 9.17) is 0 Å². The summed E-state index contributed by atoms with van der Waals surface area (Å²) in [5.74, 6) is 4.65. The molecule has 1 aliphatic rings. The second-order valence-corrected chi connectivity index (χ2v) is 7.17. The molecule has 0 N–H and O–H groups in total. The van der Waals surface area contributed by atoms with E-state index in [9.17, 15) is 0 Å². The lowest BCUT2D eigenvalue weighted by Crippen LogP contribution is -1.82. The molecule has 0 aliphatic carbocycles. The third-order valence-electron chi connectivity index (χ3n) is 2.11. The topological polar surface area (TPSA) is 0 Å². The molecule has 0 amide bonds. The molecule has 0 fully saturated rings. The maximum absolute atomic E-state index is 3.17. The highest BCUT2D eigenvalue weighted by molar-refractivity contribution is 8.07. The first kappa shape index (κ1) is 15.6. The molecular formula is C13H18S4. The molecular weight excluding hydrogens is 284 g/mol. The van der Waals surface area contributed by atoms with Gasteiger partial charge in [0.15, 0.2) is 0 Å². The zero-order chi connectivity index (χ0) is 12.0. The van der Waals surface area contributed by atoms with Gasteiger partial charge in [0, 0.05) is 23.0 Å². The zero-order valence-electron chi connectivity index (χ0n) is 10.00. The van der Waals surface area contributed by atoms with E-state index in [0.29, 0.717) is 0 Å². The maximum Gasteiger partial charge on any atom is 0.00651 e. The molecule has 0 bridgehead atoms. The Hall–Kier alpha value is 0.520. The van der Waals surface area contributed by atoms with Gasteiger partial charge in [-0.15, -0.1) is 0 Å². The summed E-state index contributed by atoms with van der Waals surface area (Å²) in [6, 6.07) is 0. The standard InChI is InChI=1S/C13H18S4/c1-2-4-7-15-11-13-17-9-5-8-16-12-10-14-6-3-1/h1-9H2. The highest BCUT2D eigenvalue weighted by atomic mass is 32.2. The minimum absolute atomic E-state index is 1.13. The zero-order valence-corrected chi connectivity index (χ0v) is 13.3. The van der Waals surface area contributed by atoms with E-state index in [1.807, 2.05) is 0 Å². The molecule has 17 heavy (non-hydrogen) atoms. The molecule has 0 spiro atoms. The lowest BCUT2D eigenvalue weighted by molar-refractivity contribution is 0.712. The van der Waals surface area contributed by atoms with Crippen molar-refractivity contribution in [3.05, 3.63) is 0 Å². The van der Waals surface area contributed by atoms with Crippen LogP contribution >= 0.6 is 47.0 Å². The number of thioether (sulfide) groups is 4. The number of rotatable bonds is 0. The lowest BCUT2D eigenvalue weighted by atomic mass is 10.2. The van der Waals surface area contributed by atoms with Gasteiger partial charge in [-0.25, -0.2) is 0 Å². The molecule has 0 nitrogen and oxygen atoms in total. The average Bonchev–Trinajstić information content (AvgIpc) is 2.35. The van der Waals surface area contributed by atoms with Crippen LogP contribution in [0.15, 0.2) is 0 Å². The van der Waals surface area contributed by atoms with Gasteiger partial charge >= 0.3 is 0 Å². The van der Waals surface area contributed by atoms with Crippen molar-refractivity contribution in [2.24, 2.45) is 0 Å². The van der Waals surface area contributed by atoms with Crippen molar-refractivity contribution in [2.45, 2.75) is 32.1 Å². The Labute approximate surface area is 123 Å². The normalized spacial score (nSPS) is 20.2. The summed E-state index contributed by atoms with van der Waals surface area (Å²) in [4.78, 5) is 0. The summed E-state index contributed by atoms with van der Waals surface area (Å²) in [7, 11) is 0. The molecule has 1 aliphatic heterocycles. The molecule has 1 heterocycles. The van der Waals surface area contributed by atoms with Crippen LogP contribution < -0.4 is 0 Å². The third kappa shape index (κ3) is 11.3. The Morgan fingerprint density at radius 2 is 0.765 bits per heavy atom. The highest BCUT2D eigenvalue weighted by Crippen LogP contribution is 2.12. The van der Waals surface area contributed by atoms with Crippen molar-refractivity contribution in [1.29, 1.82) is 0 Å². The van der Waals surface area contributed by atoms with Crippen molar-refractivity contribution in [1.82, 2.24) is 0 Å². The molecule has 0 saturated heterocycles. The second kappa shape index (κ2) is 13.0. The molecule has 0 atom stereocenters. The van der Waals surface area contributed by atoms with Crippen molar-refractivity contribution in [3.63, 3.8) is 0 Å². The quantitative estimate of drug-likeness (QED) is 0.593. The Morgan fingerprint density at radius 1 is 0.412 bits per heavy atom. The first-order valence-corrected chi connectivity index (χ1v) is 9.91. The van der Waals surface area contributed by atoms with E-state index in [1.54, 1.807) is 47.0 Å². The number of hydrogen-bond donors (Lipinski definition) is 0. The van der Waals surface area contributed by atoms with Crippen LogP contribution in [0.2, 0.25) is 0 Å². The summed E-state index contributed by atoms with van der Waals surface area (Å²) < 4.78 is 0. The van der Waals surface area contributed by atoms with Crippen molar-refractivity contribution < 1.29 is 0 Å². The summed E-state index contributed by atoms with van der Waals surface area (Å²) in [5.41, 5.74) is 0. The SMILES string of the molecule is C1#CSCCCSC#CSCCCCCCS1. The molecule has 1 rings (SSSR count). The van der Waals surface area contributed by atoms with Gasteiger partial charge in [0.2, 0.25) is 0 Å². The Kier molecular flexibility index (Phi) is 11.9. The first-order chi connectivity index (χ1) is 8.50. The largest absolute Gasteiger partial charge is 0.0742 e. The van der Waals surface area contributed by atoms with Gasteiger partial charge in [0.1, 0.15) is 0 Å². The van der Waals surface area contributed by atoms with E-state index >= 15 is 0 Å². The maximum atomic E-state index is 3.17. The van der Waals surface area contributed by atoms with E-state index in [0.717, 1.165) is 11.5 Å². The predicted molar refractivity (Wildman–Crippen MR) is 88.5 cm³/mol. The predicted octanol–water partition coefficient (Wildman–Crippen LogP) is 4.72.